The van der Waals surface area contributed by atoms with Gasteiger partial charge in [-0.05, 0) is 0 Å². The van der Waals surface area contributed by atoms with Crippen molar-refractivity contribution in [3.8, 4) is 0 Å². The van der Waals surface area contributed by atoms with Crippen molar-refractivity contribution < 1.29 is 15.0 Å². The van der Waals surface area contributed by atoms with E-state index in [2.05, 4.69) is 0 Å². The van der Waals surface area contributed by atoms with Crippen LogP contribution in [0.4, 0.5) is 0 Å². The van der Waals surface area contributed by atoms with Crippen LogP contribution in [-0.2, 0) is 15.0 Å². The van der Waals surface area contributed by atoms with Crippen molar-refractivity contribution in [2.45, 2.75) is 10.5 Å². The molecule has 0 saturated heterocycles. The summed E-state index contributed by atoms with van der Waals surface area (Å²) in [6.07, 6.45) is 3.57. The zero-order valence-corrected chi connectivity index (χ0v) is 15.4. The zero-order chi connectivity index (χ0) is 12.1. The molecule has 0 saturated carbocycles. The minimum absolute atomic E-state index is 0.248. The third-order valence-electron chi connectivity index (χ3n) is 1.69. The molecule has 0 spiro atoms. The van der Waals surface area contributed by atoms with Crippen molar-refractivity contribution >= 4 is 80.3 Å². The summed E-state index contributed by atoms with van der Waals surface area (Å²) >= 11 is -2.06. The molecule has 2 aliphatic heterocycles. The predicted molar refractivity (Wildman–Crippen MR) is 74.2 cm³/mol. The Morgan fingerprint density at radius 3 is 1.76 bits per heavy atom. The van der Waals surface area contributed by atoms with Gasteiger partial charge in [0.1, 0.15) is 0 Å². The van der Waals surface area contributed by atoms with Gasteiger partial charge >= 0.3 is 129 Å². The van der Waals surface area contributed by atoms with Gasteiger partial charge < -0.3 is 0 Å². The first kappa shape index (κ1) is 14.2. The molecule has 2 rings (SSSR count). The third-order valence-corrected chi connectivity index (χ3v) is 8.35. The number of carbonyl (C=O) groups is 2. The van der Waals surface area contributed by atoms with E-state index in [4.69, 9.17) is 5.37 Å². The van der Waals surface area contributed by atoms with Gasteiger partial charge in [0.2, 0.25) is 0 Å². The number of carbonyl (C=O) groups excluding carboxylic acids is 2. The molecule has 0 aromatic rings. The molecule has 17 heavy (non-hydrogen) atoms. The molecule has 2 atom stereocenters. The minimum atomic E-state index is -2.06. The first-order valence-electron chi connectivity index (χ1n) is 4.41. The van der Waals surface area contributed by atoms with E-state index in [9.17, 15) is 9.59 Å². The molecule has 0 aliphatic carbocycles. The van der Waals surface area contributed by atoms with Gasteiger partial charge in [0.05, 0.1) is 0 Å². The van der Waals surface area contributed by atoms with Gasteiger partial charge in [0.15, 0.2) is 0 Å². The Hall–Kier alpha value is 0.742. The molecule has 2 heterocycles. The van der Waals surface area contributed by atoms with Crippen LogP contribution in [0.15, 0.2) is 23.0 Å². The van der Waals surface area contributed by atoms with Crippen LogP contribution in [0.2, 0.25) is 0 Å². The fraction of sp³-hybridized carbons (Fsp3) is 0.250. The maximum atomic E-state index is 11.5. The molecule has 9 heteroatoms. The van der Waals surface area contributed by atoms with Gasteiger partial charge in [-0.1, -0.05) is 0 Å². The van der Waals surface area contributed by atoms with Gasteiger partial charge in [-0.15, -0.1) is 0 Å². The SMILES string of the molecule is O=C([O][Pb][O]C(=O)C1C=CSS1)C1C=CSS1. The Labute approximate surface area is 127 Å². The van der Waals surface area contributed by atoms with Crippen LogP contribution >= 0.6 is 43.2 Å². The molecule has 0 bridgehead atoms. The Kier molecular flexibility index (Phi) is 6.13. The molecule has 0 amide bonds. The van der Waals surface area contributed by atoms with Crippen LogP contribution in [0.5, 0.6) is 0 Å². The average molecular weight is 502 g/mol. The molecule has 0 aromatic heterocycles. The summed E-state index contributed by atoms with van der Waals surface area (Å²) in [5, 5.41) is 3.21. The molecule has 0 aromatic carbocycles. The molecular formula is C8H6O4PbS4. The second kappa shape index (κ2) is 7.36. The van der Waals surface area contributed by atoms with Gasteiger partial charge in [-0.3, -0.25) is 0 Å². The van der Waals surface area contributed by atoms with Crippen molar-refractivity contribution in [1.82, 2.24) is 0 Å². The van der Waals surface area contributed by atoms with Crippen molar-refractivity contribution in [2.75, 3.05) is 0 Å². The fourth-order valence-electron chi connectivity index (χ4n) is 0.910. The maximum absolute atomic E-state index is 11.5. The monoisotopic (exact) mass is 502 g/mol. The molecular weight excluding hydrogens is 496 g/mol. The van der Waals surface area contributed by atoms with Gasteiger partial charge in [0, 0.05) is 0 Å². The van der Waals surface area contributed by atoms with Crippen molar-refractivity contribution in [3.05, 3.63) is 23.0 Å². The Bertz CT molecular complexity index is 339. The first-order chi connectivity index (χ1) is 8.27. The first-order valence-corrected chi connectivity index (χ1v) is 12.1. The second-order valence-corrected chi connectivity index (χ2v) is 9.68. The third kappa shape index (κ3) is 4.40. The van der Waals surface area contributed by atoms with Crippen LogP contribution < -0.4 is 0 Å². The average Bonchev–Trinajstić information content (AvgIpc) is 3.02. The predicted octanol–water partition coefficient (Wildman–Crippen LogP) is 2.16. The van der Waals surface area contributed by atoms with Gasteiger partial charge in [0.25, 0.3) is 0 Å². The second-order valence-electron chi connectivity index (χ2n) is 2.81. The standard InChI is InChI=1S/2C4H4O2S2.Pb/c2*5-4(6)3-1-2-7-8-3;/h2*1-3H,(H,5,6);/q;;+2/p-2. The summed E-state index contributed by atoms with van der Waals surface area (Å²) in [6, 6.07) is 0. The quantitative estimate of drug-likeness (QED) is 0.429. The number of hydrogen-bond donors (Lipinski definition) is 0. The Morgan fingerprint density at radius 2 is 1.41 bits per heavy atom. The summed E-state index contributed by atoms with van der Waals surface area (Å²) in [7, 11) is 5.88. The van der Waals surface area contributed by atoms with E-state index in [0.29, 0.717) is 0 Å². The van der Waals surface area contributed by atoms with E-state index in [1.165, 1.54) is 43.2 Å². The molecule has 0 fully saturated rings. The van der Waals surface area contributed by atoms with E-state index >= 15 is 0 Å². The normalized spacial score (nSPS) is 26.1. The van der Waals surface area contributed by atoms with E-state index in [1.54, 1.807) is 12.2 Å². The molecule has 90 valence electrons. The van der Waals surface area contributed by atoms with E-state index in [1.807, 2.05) is 10.8 Å². The van der Waals surface area contributed by atoms with Crippen LogP contribution in [0, 0.1) is 0 Å². The van der Waals surface area contributed by atoms with Crippen molar-refractivity contribution in [1.29, 1.82) is 0 Å². The summed E-state index contributed by atoms with van der Waals surface area (Å²) < 4.78 is 10.1. The topological polar surface area (TPSA) is 52.6 Å². The van der Waals surface area contributed by atoms with Crippen molar-refractivity contribution in [3.63, 3.8) is 0 Å². The van der Waals surface area contributed by atoms with Crippen molar-refractivity contribution in [2.24, 2.45) is 0 Å². The Morgan fingerprint density at radius 1 is 0.941 bits per heavy atom. The summed E-state index contributed by atoms with van der Waals surface area (Å²) in [4.78, 5) is 22.9. The fourth-order valence-corrected chi connectivity index (χ4v) is 7.25. The number of rotatable bonds is 4. The van der Waals surface area contributed by atoms with E-state index in [0.717, 1.165) is 0 Å². The summed E-state index contributed by atoms with van der Waals surface area (Å²) in [6.45, 7) is 0. The van der Waals surface area contributed by atoms with Crippen LogP contribution in [0.3, 0.4) is 0 Å². The van der Waals surface area contributed by atoms with E-state index < -0.39 is 25.1 Å². The van der Waals surface area contributed by atoms with Gasteiger partial charge in [-0.2, -0.15) is 0 Å². The van der Waals surface area contributed by atoms with E-state index in [-0.39, 0.29) is 22.4 Å². The molecule has 2 unspecified atom stereocenters. The van der Waals surface area contributed by atoms with Crippen LogP contribution in [-0.4, -0.2) is 47.6 Å². The molecule has 4 nitrogen and oxygen atoms in total. The Balaban J connectivity index is 1.65. The summed E-state index contributed by atoms with van der Waals surface area (Å²) in [5.41, 5.74) is 0. The van der Waals surface area contributed by atoms with Crippen LogP contribution in [0.1, 0.15) is 0 Å². The summed E-state index contributed by atoms with van der Waals surface area (Å²) in [5.74, 6) is -0.590. The molecule has 0 N–H and O–H groups in total. The number of hydrogen-bond acceptors (Lipinski definition) is 8. The zero-order valence-electron chi connectivity index (χ0n) is 8.23. The molecule has 2 aliphatic rings. The van der Waals surface area contributed by atoms with Crippen LogP contribution in [0.25, 0.3) is 0 Å². The molecule has 2 radical (unpaired) electrons. The van der Waals surface area contributed by atoms with Gasteiger partial charge in [-0.25, -0.2) is 0 Å².